The van der Waals surface area contributed by atoms with E-state index in [1.54, 1.807) is 66.7 Å². The van der Waals surface area contributed by atoms with E-state index in [1.165, 1.54) is 9.80 Å². The number of hydrogen-bond donors (Lipinski definition) is 1. The Kier molecular flexibility index (Phi) is 9.87. The number of azo groups is 1. The van der Waals surface area contributed by atoms with Gasteiger partial charge < -0.3 is 14.7 Å². The summed E-state index contributed by atoms with van der Waals surface area (Å²) in [4.78, 5) is 64.2. The van der Waals surface area contributed by atoms with Crippen molar-refractivity contribution in [2.45, 2.75) is 31.1 Å². The molecule has 9 rings (SSSR count). The van der Waals surface area contributed by atoms with Gasteiger partial charge in [0.25, 0.3) is 0 Å². The average Bonchev–Trinajstić information content (AvgIpc) is 3.65. The molecule has 5 aromatic carbocycles. The van der Waals surface area contributed by atoms with Crippen molar-refractivity contribution in [2.24, 2.45) is 33.9 Å². The van der Waals surface area contributed by atoms with Gasteiger partial charge in [-0.15, -0.1) is 0 Å². The zero-order valence-electron chi connectivity index (χ0n) is 33.2. The third kappa shape index (κ3) is 6.09. The van der Waals surface area contributed by atoms with Crippen LogP contribution in [0.2, 0.25) is 5.02 Å². The first kappa shape index (κ1) is 38.9. The number of para-hydroxylation sites is 1. The highest BCUT2D eigenvalue weighted by Crippen LogP contribution is 2.65. The topological polar surface area (TPSA) is 132 Å². The third-order valence-electron chi connectivity index (χ3n) is 12.6. The van der Waals surface area contributed by atoms with Gasteiger partial charge in [0.05, 0.1) is 52.5 Å². The standard InChI is InChI=1S/C48H42ClN5O6/c1-4-60-40-15-9-14-37(43(40)55)42-35-24-25-36-41(46(58)53(44(36)56)33-22-18-31(19-23-33)51-50-30-16-20-32(21-17-30)52(2)3)38(35)27-39-45(57)54(34-13-8-12-29(49)26-34)47(59)48(39,42)28-10-6-5-7-11-28/h5-24,26,36,38-39,41-42,55H,4,25,27H2,1-3H3/t36-,38+,39-,41-,42+,48+/m0/s1. The molecule has 0 radical (unpaired) electrons. The highest BCUT2D eigenvalue weighted by Gasteiger charge is 2.70. The molecule has 0 unspecified atom stereocenters. The lowest BCUT2D eigenvalue weighted by Crippen LogP contribution is -2.53. The van der Waals surface area contributed by atoms with Crippen LogP contribution in [0.4, 0.5) is 28.4 Å². The van der Waals surface area contributed by atoms with Gasteiger partial charge in [0, 0.05) is 36.3 Å². The zero-order chi connectivity index (χ0) is 41.9. The van der Waals surface area contributed by atoms with E-state index in [0.717, 1.165) is 11.3 Å². The summed E-state index contributed by atoms with van der Waals surface area (Å²) in [6.45, 7) is 2.10. The maximum absolute atomic E-state index is 15.5. The number of benzene rings is 5. The van der Waals surface area contributed by atoms with Crippen LogP contribution in [0.15, 0.2) is 143 Å². The van der Waals surface area contributed by atoms with Gasteiger partial charge in [-0.3, -0.25) is 24.1 Å². The molecule has 2 saturated heterocycles. The van der Waals surface area contributed by atoms with Crippen LogP contribution in [0.25, 0.3) is 0 Å². The molecule has 11 nitrogen and oxygen atoms in total. The van der Waals surface area contributed by atoms with Crippen molar-refractivity contribution in [3.8, 4) is 11.5 Å². The Hall–Kier alpha value is -6.59. The van der Waals surface area contributed by atoms with Gasteiger partial charge in [0.15, 0.2) is 11.5 Å². The number of carbonyl (C=O) groups excluding carboxylic acids is 4. The molecule has 0 bridgehead atoms. The normalized spacial score (nSPS) is 24.7. The predicted octanol–water partition coefficient (Wildman–Crippen LogP) is 9.29. The van der Waals surface area contributed by atoms with E-state index in [1.807, 2.05) is 86.6 Å². The molecular formula is C48H42ClN5O6. The molecule has 12 heteroatoms. The van der Waals surface area contributed by atoms with E-state index < -0.39 is 46.8 Å². The Balaban J connectivity index is 1.13. The van der Waals surface area contributed by atoms with Crippen LogP contribution in [0.5, 0.6) is 11.5 Å². The number of anilines is 3. The zero-order valence-corrected chi connectivity index (χ0v) is 34.0. The SMILES string of the molecule is CCOc1cccc([C@H]2C3=CC[C@@H]4C(=O)N(c5ccc(N=Nc6ccc(N(C)C)cc6)cc5)C(=O)[C@@H]4[C@@H]3C[C@H]3C(=O)N(c4cccc(Cl)c4)C(=O)[C@@]23c2ccccc2)c1O. The van der Waals surface area contributed by atoms with Crippen molar-refractivity contribution in [3.63, 3.8) is 0 Å². The van der Waals surface area contributed by atoms with E-state index in [2.05, 4.69) is 10.2 Å². The number of aromatic hydroxyl groups is 1. The molecule has 2 aliphatic heterocycles. The van der Waals surface area contributed by atoms with Gasteiger partial charge in [-0.2, -0.15) is 10.2 Å². The number of fused-ring (bicyclic) bond motifs is 4. The molecule has 2 heterocycles. The highest BCUT2D eigenvalue weighted by atomic mass is 35.5. The molecule has 6 atom stereocenters. The quantitative estimate of drug-likeness (QED) is 0.0891. The van der Waals surface area contributed by atoms with Gasteiger partial charge in [-0.1, -0.05) is 71.8 Å². The molecule has 4 amide bonds. The Bertz CT molecular complexity index is 2590. The second-order valence-corrected chi connectivity index (χ2v) is 16.3. The molecule has 1 saturated carbocycles. The Morgan fingerprint density at radius 1 is 0.767 bits per heavy atom. The first-order valence-corrected chi connectivity index (χ1v) is 20.4. The number of ether oxygens (including phenoxy) is 1. The minimum atomic E-state index is -1.54. The molecule has 1 N–H and O–H groups in total. The Morgan fingerprint density at radius 2 is 1.45 bits per heavy atom. The van der Waals surface area contributed by atoms with Crippen molar-refractivity contribution in [1.82, 2.24) is 0 Å². The van der Waals surface area contributed by atoms with Crippen LogP contribution in [-0.2, 0) is 24.6 Å². The fourth-order valence-corrected chi connectivity index (χ4v) is 10.2. The second kappa shape index (κ2) is 15.2. The van der Waals surface area contributed by atoms with Crippen LogP contribution in [0.1, 0.15) is 36.8 Å². The summed E-state index contributed by atoms with van der Waals surface area (Å²) in [5, 5.41) is 21.1. The van der Waals surface area contributed by atoms with Crippen molar-refractivity contribution < 1.29 is 29.0 Å². The molecule has 5 aromatic rings. The van der Waals surface area contributed by atoms with Crippen molar-refractivity contribution in [1.29, 1.82) is 0 Å². The van der Waals surface area contributed by atoms with Gasteiger partial charge in [0.2, 0.25) is 23.6 Å². The summed E-state index contributed by atoms with van der Waals surface area (Å²) < 4.78 is 5.86. The molecular weight excluding hydrogens is 778 g/mol. The number of amides is 4. The molecule has 2 aliphatic carbocycles. The highest BCUT2D eigenvalue weighted by molar-refractivity contribution is 6.32. The van der Waals surface area contributed by atoms with Crippen LogP contribution in [0.3, 0.4) is 0 Å². The number of phenols is 1. The lowest BCUT2D eigenvalue weighted by Gasteiger charge is -2.50. The predicted molar refractivity (Wildman–Crippen MR) is 229 cm³/mol. The summed E-state index contributed by atoms with van der Waals surface area (Å²) in [6.07, 6.45) is 2.31. The molecule has 0 aromatic heterocycles. The monoisotopic (exact) mass is 819 g/mol. The van der Waals surface area contributed by atoms with E-state index in [9.17, 15) is 14.7 Å². The van der Waals surface area contributed by atoms with Gasteiger partial charge >= 0.3 is 0 Å². The molecule has 3 fully saturated rings. The summed E-state index contributed by atoms with van der Waals surface area (Å²) in [6, 6.07) is 35.5. The second-order valence-electron chi connectivity index (χ2n) is 15.9. The van der Waals surface area contributed by atoms with Crippen LogP contribution < -0.4 is 19.4 Å². The number of halogens is 1. The van der Waals surface area contributed by atoms with Crippen LogP contribution >= 0.6 is 11.6 Å². The van der Waals surface area contributed by atoms with Gasteiger partial charge in [0.1, 0.15) is 0 Å². The van der Waals surface area contributed by atoms with E-state index in [-0.39, 0.29) is 42.8 Å². The molecule has 60 heavy (non-hydrogen) atoms. The van der Waals surface area contributed by atoms with Crippen molar-refractivity contribution >= 4 is 63.7 Å². The number of carbonyl (C=O) groups is 4. The van der Waals surface area contributed by atoms with E-state index in [0.29, 0.717) is 38.9 Å². The summed E-state index contributed by atoms with van der Waals surface area (Å²) in [7, 11) is 3.93. The largest absolute Gasteiger partial charge is 0.504 e. The maximum Gasteiger partial charge on any atom is 0.246 e. The van der Waals surface area contributed by atoms with E-state index in [4.69, 9.17) is 16.3 Å². The smallest absolute Gasteiger partial charge is 0.246 e. The number of allylic oxidation sites excluding steroid dienone is 2. The lowest BCUT2D eigenvalue weighted by molar-refractivity contribution is -0.127. The van der Waals surface area contributed by atoms with Gasteiger partial charge in [-0.25, -0.2) is 4.90 Å². The maximum atomic E-state index is 15.5. The molecule has 0 spiro atoms. The third-order valence-corrected chi connectivity index (χ3v) is 12.8. The number of nitrogens with zero attached hydrogens (tertiary/aromatic N) is 5. The Labute approximate surface area is 352 Å². The summed E-state index contributed by atoms with van der Waals surface area (Å²) in [5.74, 6) is -5.55. The van der Waals surface area contributed by atoms with Crippen LogP contribution in [0, 0.1) is 23.7 Å². The number of rotatable bonds is 9. The summed E-state index contributed by atoms with van der Waals surface area (Å²) in [5.41, 5.74) is 3.18. The molecule has 4 aliphatic rings. The summed E-state index contributed by atoms with van der Waals surface area (Å²) >= 11 is 6.44. The number of imide groups is 2. The Morgan fingerprint density at radius 3 is 2.12 bits per heavy atom. The first-order chi connectivity index (χ1) is 29.0. The minimum absolute atomic E-state index is 0.119. The van der Waals surface area contributed by atoms with Crippen molar-refractivity contribution in [2.75, 3.05) is 35.4 Å². The first-order valence-electron chi connectivity index (χ1n) is 20.1. The number of phenolic OH excluding ortho intramolecular Hbond substituents is 1. The van der Waals surface area contributed by atoms with E-state index >= 15 is 9.59 Å². The fourth-order valence-electron chi connectivity index (χ4n) is 9.99. The van der Waals surface area contributed by atoms with Crippen LogP contribution in [-0.4, -0.2) is 49.4 Å². The number of hydrogen-bond acceptors (Lipinski definition) is 9. The molecule has 302 valence electrons. The van der Waals surface area contributed by atoms with Crippen molar-refractivity contribution in [3.05, 3.63) is 149 Å². The lowest BCUT2D eigenvalue weighted by atomic mass is 9.49. The average molecular weight is 820 g/mol. The fraction of sp³-hybridized carbons (Fsp3) is 0.250. The van der Waals surface area contributed by atoms with Gasteiger partial charge in [-0.05, 0) is 104 Å². The minimum Gasteiger partial charge on any atom is -0.504 e.